The summed E-state index contributed by atoms with van der Waals surface area (Å²) >= 11 is 0. The molecular weight excluding hydrogens is 685 g/mol. The van der Waals surface area contributed by atoms with Gasteiger partial charge in [0.15, 0.2) is 0 Å². The number of amides is 2. The smallest absolute Gasteiger partial charge is 0.307 e. The van der Waals surface area contributed by atoms with E-state index in [1.807, 2.05) is 0 Å². The van der Waals surface area contributed by atoms with Gasteiger partial charge in [0.1, 0.15) is 12.4 Å². The van der Waals surface area contributed by atoms with Crippen molar-refractivity contribution in [3.8, 4) is 0 Å². The second-order valence-electron chi connectivity index (χ2n) is 23.0. The van der Waals surface area contributed by atoms with Gasteiger partial charge in [-0.05, 0) is 148 Å². The van der Waals surface area contributed by atoms with Gasteiger partial charge in [-0.2, -0.15) is 0 Å². The van der Waals surface area contributed by atoms with Crippen LogP contribution in [-0.2, 0) is 23.9 Å². The number of allylic oxidation sites excluding steroid dienone is 1. The van der Waals surface area contributed by atoms with Crippen molar-refractivity contribution in [3.05, 3.63) is 12.2 Å². The molecule has 7 aliphatic rings. The van der Waals surface area contributed by atoms with Gasteiger partial charge in [-0.3, -0.25) is 14.4 Å². The summed E-state index contributed by atoms with van der Waals surface area (Å²) in [5, 5.41) is 3.66. The molecule has 0 aromatic carbocycles. The minimum absolute atomic E-state index is 0.0165. The lowest BCUT2D eigenvalue weighted by atomic mass is 9.33. The Balaban J connectivity index is 1.11. The first-order valence-corrected chi connectivity index (χ1v) is 22.5. The van der Waals surface area contributed by atoms with E-state index < -0.39 is 10.8 Å². The Bertz CT molecular complexity index is 1570. The molecule has 308 valence electrons. The molecule has 7 rings (SSSR count). The van der Waals surface area contributed by atoms with E-state index in [4.69, 9.17) is 4.74 Å². The molecule has 6 saturated carbocycles. The van der Waals surface area contributed by atoms with Gasteiger partial charge in [-0.1, -0.05) is 74.5 Å². The Morgan fingerprint density at radius 2 is 1.51 bits per heavy atom. The Kier molecular flexibility index (Phi) is 10.2. The van der Waals surface area contributed by atoms with E-state index in [0.29, 0.717) is 29.6 Å². The van der Waals surface area contributed by atoms with E-state index in [2.05, 4.69) is 72.2 Å². The predicted molar refractivity (Wildman–Crippen MR) is 218 cm³/mol. The van der Waals surface area contributed by atoms with Crippen LogP contribution in [0.4, 0.5) is 0 Å². The molecule has 12 atom stereocenters. The summed E-state index contributed by atoms with van der Waals surface area (Å²) in [6.07, 6.45) is 15.6. The molecule has 7 nitrogen and oxygen atoms in total. The van der Waals surface area contributed by atoms with Crippen molar-refractivity contribution < 1.29 is 23.9 Å². The van der Waals surface area contributed by atoms with Crippen molar-refractivity contribution in [2.75, 3.05) is 13.1 Å². The van der Waals surface area contributed by atoms with E-state index in [0.717, 1.165) is 90.0 Å². The summed E-state index contributed by atoms with van der Waals surface area (Å²) in [4.78, 5) is 55.4. The molecule has 0 spiro atoms. The SMILES string of the molecule is C=C(C)C1CC[C@]2(C(=O)NC3C[C@H](C(=O)N4CCCCC4)C3(C)C)CC[C@@]3(C)C4CC[C@H]5C(C)(C)[C@@H](OC(=O)CC(C)(C)C=O)CC[C@]5(C)[C@H]4CC[C@]3(C)C12. The van der Waals surface area contributed by atoms with Crippen molar-refractivity contribution in [2.45, 2.75) is 178 Å². The van der Waals surface area contributed by atoms with Crippen LogP contribution in [0, 0.1) is 73.4 Å². The van der Waals surface area contributed by atoms with Crippen LogP contribution >= 0.6 is 0 Å². The molecule has 1 N–H and O–H groups in total. The number of hydrogen-bond acceptors (Lipinski definition) is 5. The first-order chi connectivity index (χ1) is 25.6. The number of hydrogen-bond donors (Lipinski definition) is 1. The highest BCUT2D eigenvalue weighted by molar-refractivity contribution is 5.86. The minimum atomic E-state index is -0.711. The van der Waals surface area contributed by atoms with Crippen LogP contribution < -0.4 is 5.32 Å². The number of carbonyl (C=O) groups is 4. The standard InChI is InChI=1S/C48H76N2O5/c1-30(2)31-17-22-48(41(54)49-36-27-34(43(36,5)6)40(53)50-25-13-12-14-26-50)24-23-46(10)33-15-16-35-44(7,8)37(55-38(52)28-42(3,4)29-51)19-20-45(35,9)32(33)18-21-47(46,11)39(31)48/h29,31-37,39H,1,12-28H2,2-11H3,(H,49,54)/t31?,32-,33?,34+,35-,36?,37-,39?,45+,46-,47+,48-/m0/s1. The number of carbonyl (C=O) groups excluding carboxylic acids is 4. The number of aldehydes is 1. The van der Waals surface area contributed by atoms with Crippen molar-refractivity contribution >= 4 is 24.1 Å². The molecule has 0 bridgehead atoms. The number of piperidine rings is 1. The van der Waals surface area contributed by atoms with E-state index in [-0.39, 0.29) is 69.4 Å². The zero-order valence-electron chi connectivity index (χ0n) is 36.4. The van der Waals surface area contributed by atoms with Gasteiger partial charge in [0.25, 0.3) is 0 Å². The Morgan fingerprint density at radius 3 is 2.15 bits per heavy atom. The third-order valence-electron chi connectivity index (χ3n) is 19.2. The molecule has 1 heterocycles. The summed E-state index contributed by atoms with van der Waals surface area (Å²) in [5.41, 5.74) is 0.0285. The first-order valence-electron chi connectivity index (χ1n) is 22.5. The second-order valence-corrected chi connectivity index (χ2v) is 23.0. The third-order valence-corrected chi connectivity index (χ3v) is 19.2. The Morgan fingerprint density at radius 1 is 0.818 bits per heavy atom. The molecule has 7 fully saturated rings. The third kappa shape index (κ3) is 6.13. The zero-order valence-corrected chi connectivity index (χ0v) is 36.4. The number of nitrogens with one attached hydrogen (secondary N) is 1. The van der Waals surface area contributed by atoms with Gasteiger partial charge in [-0.15, -0.1) is 0 Å². The number of rotatable bonds is 8. The van der Waals surface area contributed by atoms with Crippen LogP contribution in [0.25, 0.3) is 0 Å². The molecule has 2 amide bonds. The van der Waals surface area contributed by atoms with Crippen LogP contribution in [0.1, 0.15) is 166 Å². The monoisotopic (exact) mass is 761 g/mol. The quantitative estimate of drug-likeness (QED) is 0.151. The average Bonchev–Trinajstić information content (AvgIpc) is 3.54. The fourth-order valence-corrected chi connectivity index (χ4v) is 15.5. The van der Waals surface area contributed by atoms with E-state index >= 15 is 4.79 Å². The Hall–Kier alpha value is -2.18. The van der Waals surface area contributed by atoms with Crippen molar-refractivity contribution in [1.82, 2.24) is 10.2 Å². The van der Waals surface area contributed by atoms with E-state index in [1.54, 1.807) is 13.8 Å². The van der Waals surface area contributed by atoms with Crippen LogP contribution in [0.15, 0.2) is 12.2 Å². The zero-order chi connectivity index (χ0) is 40.1. The number of nitrogens with zero attached hydrogens (tertiary/aromatic N) is 1. The number of likely N-dealkylation sites (tertiary alicyclic amines) is 1. The fourth-order valence-electron chi connectivity index (χ4n) is 15.5. The molecule has 0 radical (unpaired) electrons. The predicted octanol–water partition coefficient (Wildman–Crippen LogP) is 9.71. The first kappa shape index (κ1) is 41.0. The van der Waals surface area contributed by atoms with E-state index in [1.165, 1.54) is 24.8 Å². The summed E-state index contributed by atoms with van der Waals surface area (Å²) in [6.45, 7) is 29.0. The summed E-state index contributed by atoms with van der Waals surface area (Å²) in [6, 6.07) is 0.0268. The topological polar surface area (TPSA) is 92.8 Å². The summed E-state index contributed by atoms with van der Waals surface area (Å²) < 4.78 is 6.25. The molecule has 0 aromatic heterocycles. The maximum atomic E-state index is 15.1. The van der Waals surface area contributed by atoms with E-state index in [9.17, 15) is 14.4 Å². The highest BCUT2D eigenvalue weighted by Gasteiger charge is 2.73. The number of esters is 1. The van der Waals surface area contributed by atoms with Crippen molar-refractivity contribution in [2.24, 2.45) is 73.4 Å². The summed E-state index contributed by atoms with van der Waals surface area (Å²) in [5.74, 6) is 2.55. The van der Waals surface area contributed by atoms with Crippen molar-refractivity contribution in [3.63, 3.8) is 0 Å². The average molecular weight is 761 g/mol. The molecule has 0 aromatic rings. The van der Waals surface area contributed by atoms with Crippen LogP contribution in [0.2, 0.25) is 0 Å². The fraction of sp³-hybridized carbons (Fsp3) is 0.875. The minimum Gasteiger partial charge on any atom is -0.462 e. The van der Waals surface area contributed by atoms with Crippen LogP contribution in [0.3, 0.4) is 0 Å². The molecular formula is C48H76N2O5. The van der Waals surface area contributed by atoms with Gasteiger partial charge in [-0.25, -0.2) is 0 Å². The van der Waals surface area contributed by atoms with Gasteiger partial charge in [0.2, 0.25) is 11.8 Å². The van der Waals surface area contributed by atoms with Gasteiger partial charge in [0, 0.05) is 35.9 Å². The molecule has 6 aliphatic carbocycles. The lowest BCUT2D eigenvalue weighted by Gasteiger charge is -2.72. The molecule has 1 saturated heterocycles. The molecule has 1 aliphatic heterocycles. The summed E-state index contributed by atoms with van der Waals surface area (Å²) in [7, 11) is 0. The van der Waals surface area contributed by atoms with Gasteiger partial charge in [0.05, 0.1) is 11.8 Å². The molecule has 55 heavy (non-hydrogen) atoms. The lowest BCUT2D eigenvalue weighted by Crippen LogP contribution is -2.69. The largest absolute Gasteiger partial charge is 0.462 e. The highest BCUT2D eigenvalue weighted by Crippen LogP contribution is 2.78. The highest BCUT2D eigenvalue weighted by atomic mass is 16.5. The van der Waals surface area contributed by atoms with Gasteiger partial charge < -0.3 is 19.7 Å². The van der Waals surface area contributed by atoms with Crippen molar-refractivity contribution in [1.29, 1.82) is 0 Å². The normalized spacial score (nSPS) is 44.4. The number of fused-ring (bicyclic) bond motifs is 7. The molecule has 7 heteroatoms. The maximum absolute atomic E-state index is 15.1. The Labute approximate surface area is 333 Å². The maximum Gasteiger partial charge on any atom is 0.307 e. The lowest BCUT2D eigenvalue weighted by molar-refractivity contribution is -0.240. The van der Waals surface area contributed by atoms with Gasteiger partial charge >= 0.3 is 5.97 Å². The number of ether oxygens (including phenoxy) is 1. The second kappa shape index (κ2) is 13.7. The van der Waals surface area contributed by atoms with Crippen LogP contribution in [-0.4, -0.2) is 54.2 Å². The molecule has 4 unspecified atom stereocenters. The van der Waals surface area contributed by atoms with Crippen LogP contribution in [0.5, 0.6) is 0 Å².